The molecule has 258 valence electrons. The van der Waals surface area contributed by atoms with Crippen LogP contribution in [-0.4, -0.2) is 9.13 Å². The van der Waals surface area contributed by atoms with E-state index in [-0.39, 0.29) is 22.5 Å². The first-order chi connectivity index (χ1) is 24.7. The topological polar surface area (TPSA) is 33.6 Å². The Labute approximate surface area is 294 Å². The number of hydrogen-bond donors (Lipinski definition) is 0. The van der Waals surface area contributed by atoms with Gasteiger partial charge in [0.25, 0.3) is 0 Å². The van der Waals surface area contributed by atoms with E-state index in [0.717, 1.165) is 49.9 Å². The van der Waals surface area contributed by atoms with Crippen LogP contribution < -0.4 is 0 Å². The van der Waals surface area contributed by atoms with Crippen LogP contribution in [0.2, 0.25) is 0 Å². The van der Waals surface area contributed by atoms with Gasteiger partial charge in [0.2, 0.25) is 0 Å². The largest absolute Gasteiger partial charge is 0.417 e. The Hall–Kier alpha value is -6.01. The minimum absolute atomic E-state index is 0.0122. The third kappa shape index (κ3) is 5.12. The van der Waals surface area contributed by atoms with Crippen LogP contribution in [0.15, 0.2) is 103 Å². The highest BCUT2D eigenvalue weighted by Gasteiger charge is 2.43. The van der Waals surface area contributed by atoms with Crippen molar-refractivity contribution in [2.24, 2.45) is 0 Å². The standard InChI is InChI=1S/C43H29F6N3/c1-23-8-12-34-28(16-23)29-17-24(2)9-13-35(29)51(34)38-20-27(22-50)21-39(41(38)40-32(42(44,45)46)6-5-7-33(40)43(47,48)49)52-36-14-10-25(3)18-30(36)31-19-26(4)11-15-37(31)52/h5-21H,1-4H3. The Balaban J connectivity index is 1.68. The molecule has 0 spiro atoms. The number of nitriles is 1. The fourth-order valence-corrected chi connectivity index (χ4v) is 7.60. The number of aromatic nitrogens is 2. The minimum Gasteiger partial charge on any atom is -0.308 e. The van der Waals surface area contributed by atoms with Gasteiger partial charge >= 0.3 is 12.4 Å². The van der Waals surface area contributed by atoms with Crippen LogP contribution in [-0.2, 0) is 12.4 Å². The van der Waals surface area contributed by atoms with Gasteiger partial charge in [0.05, 0.1) is 56.2 Å². The first-order valence-electron chi connectivity index (χ1n) is 16.5. The molecule has 0 atom stereocenters. The van der Waals surface area contributed by atoms with E-state index in [2.05, 4.69) is 6.07 Å². The van der Waals surface area contributed by atoms with Crippen LogP contribution in [0.4, 0.5) is 26.3 Å². The Morgan fingerprint density at radius 1 is 0.462 bits per heavy atom. The monoisotopic (exact) mass is 701 g/mol. The Morgan fingerprint density at radius 3 is 1.08 bits per heavy atom. The van der Waals surface area contributed by atoms with Crippen molar-refractivity contribution in [2.75, 3.05) is 0 Å². The summed E-state index contributed by atoms with van der Waals surface area (Å²) in [6.45, 7) is 7.66. The van der Waals surface area contributed by atoms with E-state index in [1.807, 2.05) is 100 Å². The smallest absolute Gasteiger partial charge is 0.308 e. The Morgan fingerprint density at radius 2 is 0.788 bits per heavy atom. The normalized spacial score (nSPS) is 12.4. The molecule has 6 aromatic carbocycles. The number of aryl methyl sites for hydroxylation is 4. The van der Waals surface area contributed by atoms with Crippen LogP contribution in [0.25, 0.3) is 66.1 Å². The zero-order chi connectivity index (χ0) is 36.9. The van der Waals surface area contributed by atoms with Crippen molar-refractivity contribution in [2.45, 2.75) is 40.0 Å². The van der Waals surface area contributed by atoms with E-state index >= 15 is 26.3 Å². The van der Waals surface area contributed by atoms with Gasteiger partial charge in [-0.15, -0.1) is 0 Å². The van der Waals surface area contributed by atoms with Crippen molar-refractivity contribution in [3.63, 3.8) is 0 Å². The third-order valence-corrected chi connectivity index (χ3v) is 9.79. The summed E-state index contributed by atoms with van der Waals surface area (Å²) in [7, 11) is 0. The summed E-state index contributed by atoms with van der Waals surface area (Å²) in [5.41, 5.74) is 1.89. The highest BCUT2D eigenvalue weighted by Crippen LogP contribution is 2.50. The summed E-state index contributed by atoms with van der Waals surface area (Å²) in [6, 6.07) is 29.6. The average molecular weight is 702 g/mol. The number of halogens is 6. The van der Waals surface area contributed by atoms with Crippen molar-refractivity contribution in [1.82, 2.24) is 9.13 Å². The predicted octanol–water partition coefficient (Wildman–Crippen LogP) is 12.7. The van der Waals surface area contributed by atoms with Gasteiger partial charge < -0.3 is 9.13 Å². The molecular formula is C43H29F6N3. The molecule has 0 N–H and O–H groups in total. The number of benzene rings is 6. The van der Waals surface area contributed by atoms with Gasteiger partial charge in [0.15, 0.2) is 0 Å². The van der Waals surface area contributed by atoms with Crippen molar-refractivity contribution >= 4 is 43.6 Å². The van der Waals surface area contributed by atoms with Crippen molar-refractivity contribution in [1.29, 1.82) is 5.26 Å². The van der Waals surface area contributed by atoms with Gasteiger partial charge in [-0.3, -0.25) is 0 Å². The van der Waals surface area contributed by atoms with Crippen molar-refractivity contribution < 1.29 is 26.3 Å². The maximum atomic E-state index is 15.2. The number of fused-ring (bicyclic) bond motifs is 6. The molecule has 8 aromatic rings. The van der Waals surface area contributed by atoms with E-state index < -0.39 is 29.0 Å². The van der Waals surface area contributed by atoms with Gasteiger partial charge in [-0.25, -0.2) is 0 Å². The Kier molecular flexibility index (Phi) is 7.33. The predicted molar refractivity (Wildman–Crippen MR) is 194 cm³/mol. The number of alkyl halides is 6. The van der Waals surface area contributed by atoms with E-state index in [4.69, 9.17) is 0 Å². The van der Waals surface area contributed by atoms with E-state index in [1.165, 1.54) is 12.1 Å². The van der Waals surface area contributed by atoms with Crippen LogP contribution in [0, 0.1) is 39.0 Å². The lowest BCUT2D eigenvalue weighted by Gasteiger charge is -2.25. The molecule has 3 nitrogen and oxygen atoms in total. The molecule has 2 heterocycles. The van der Waals surface area contributed by atoms with Crippen LogP contribution >= 0.6 is 0 Å². The number of nitrogens with zero attached hydrogens (tertiary/aromatic N) is 3. The molecule has 0 amide bonds. The molecule has 0 fully saturated rings. The molecule has 0 aliphatic rings. The van der Waals surface area contributed by atoms with E-state index in [0.29, 0.717) is 34.2 Å². The SMILES string of the molecule is Cc1ccc2c(c1)c1cc(C)ccc1n2-c1cc(C#N)cc(-n2c3ccc(C)cc3c3cc(C)ccc32)c1-c1c(C(F)(F)F)cccc1C(F)(F)F. The molecule has 0 radical (unpaired) electrons. The zero-order valence-electron chi connectivity index (χ0n) is 28.4. The molecule has 0 saturated heterocycles. The summed E-state index contributed by atoms with van der Waals surface area (Å²) >= 11 is 0. The van der Waals surface area contributed by atoms with Gasteiger partial charge in [-0.05, 0) is 100 Å². The van der Waals surface area contributed by atoms with Crippen molar-refractivity contribution in [3.8, 4) is 28.6 Å². The second-order valence-corrected chi connectivity index (χ2v) is 13.5. The molecule has 2 aromatic heterocycles. The summed E-state index contributed by atoms with van der Waals surface area (Å²) in [5.74, 6) is 0. The molecule has 0 bridgehead atoms. The number of hydrogen-bond acceptors (Lipinski definition) is 1. The van der Waals surface area contributed by atoms with E-state index in [1.54, 1.807) is 9.13 Å². The van der Waals surface area contributed by atoms with Crippen LogP contribution in [0.3, 0.4) is 0 Å². The zero-order valence-corrected chi connectivity index (χ0v) is 28.4. The molecule has 0 aliphatic carbocycles. The average Bonchev–Trinajstić information content (AvgIpc) is 3.57. The molecule has 0 aliphatic heterocycles. The molecule has 0 unspecified atom stereocenters. The quantitative estimate of drug-likeness (QED) is 0.169. The van der Waals surface area contributed by atoms with Gasteiger partial charge in [-0.2, -0.15) is 31.6 Å². The highest BCUT2D eigenvalue weighted by molar-refractivity contribution is 6.12. The van der Waals surface area contributed by atoms with E-state index in [9.17, 15) is 5.26 Å². The Bertz CT molecular complexity index is 2530. The first-order valence-corrected chi connectivity index (χ1v) is 16.5. The summed E-state index contributed by atoms with van der Waals surface area (Å²) in [4.78, 5) is 0. The summed E-state index contributed by atoms with van der Waals surface area (Å²) < 4.78 is 94.3. The van der Waals surface area contributed by atoms with Crippen LogP contribution in [0.5, 0.6) is 0 Å². The maximum Gasteiger partial charge on any atom is 0.417 e. The lowest BCUT2D eigenvalue weighted by molar-refractivity contribution is -0.142. The molecule has 0 saturated carbocycles. The number of rotatable bonds is 3. The molecular weight excluding hydrogens is 672 g/mol. The third-order valence-electron chi connectivity index (χ3n) is 9.79. The molecule has 8 rings (SSSR count). The van der Waals surface area contributed by atoms with Crippen molar-refractivity contribution in [3.05, 3.63) is 142 Å². The fraction of sp³-hybridized carbons (Fsp3) is 0.140. The van der Waals surface area contributed by atoms with Gasteiger partial charge in [-0.1, -0.05) is 52.6 Å². The highest BCUT2D eigenvalue weighted by atomic mass is 19.4. The second kappa shape index (κ2) is 11.5. The lowest BCUT2D eigenvalue weighted by atomic mass is 9.89. The second-order valence-electron chi connectivity index (χ2n) is 13.5. The fourth-order valence-electron chi connectivity index (χ4n) is 7.60. The van der Waals surface area contributed by atoms with Gasteiger partial charge in [0.1, 0.15) is 0 Å². The minimum atomic E-state index is -5.16. The van der Waals surface area contributed by atoms with Crippen LogP contribution in [0.1, 0.15) is 38.9 Å². The molecule has 52 heavy (non-hydrogen) atoms. The maximum absolute atomic E-state index is 15.2. The lowest BCUT2D eigenvalue weighted by Crippen LogP contribution is -2.16. The first kappa shape index (κ1) is 33.2. The molecule has 9 heteroatoms. The summed E-state index contributed by atoms with van der Waals surface area (Å²) in [5, 5.41) is 13.6. The van der Waals surface area contributed by atoms with Gasteiger partial charge in [0, 0.05) is 32.7 Å². The summed E-state index contributed by atoms with van der Waals surface area (Å²) in [6.07, 6.45) is -10.3.